The standard InChI is InChI=1S/C18H36N4O/c1-19-15-4-3-5-16(10-15)22-18-20-11-14(12-21-18)13-6-8-17(23-2)9-7-13/h13-22H,3-12H2,1-2H3. The average Bonchev–Trinajstić information content (AvgIpc) is 2.63. The second-order valence-electron chi connectivity index (χ2n) is 7.80. The van der Waals surface area contributed by atoms with Crippen LogP contribution in [0.15, 0.2) is 0 Å². The van der Waals surface area contributed by atoms with Gasteiger partial charge in [-0.1, -0.05) is 6.42 Å². The molecule has 2 saturated carbocycles. The van der Waals surface area contributed by atoms with E-state index in [9.17, 15) is 0 Å². The van der Waals surface area contributed by atoms with Crippen LogP contribution in [0.2, 0.25) is 0 Å². The van der Waals surface area contributed by atoms with E-state index in [2.05, 4.69) is 28.3 Å². The summed E-state index contributed by atoms with van der Waals surface area (Å²) >= 11 is 0. The van der Waals surface area contributed by atoms with Gasteiger partial charge in [0.1, 0.15) is 6.29 Å². The van der Waals surface area contributed by atoms with Crippen LogP contribution >= 0.6 is 0 Å². The fourth-order valence-corrected chi connectivity index (χ4v) is 4.77. The maximum atomic E-state index is 5.50. The van der Waals surface area contributed by atoms with Gasteiger partial charge in [0.05, 0.1) is 6.10 Å². The summed E-state index contributed by atoms with van der Waals surface area (Å²) < 4.78 is 5.50. The Morgan fingerprint density at radius 1 is 0.870 bits per heavy atom. The molecule has 2 atom stereocenters. The molecule has 2 aliphatic carbocycles. The highest BCUT2D eigenvalue weighted by molar-refractivity contribution is 4.87. The Morgan fingerprint density at radius 2 is 1.57 bits per heavy atom. The molecular formula is C18H36N4O. The van der Waals surface area contributed by atoms with Gasteiger partial charge in [0, 0.05) is 32.3 Å². The zero-order valence-corrected chi connectivity index (χ0v) is 14.9. The number of hydrogen-bond acceptors (Lipinski definition) is 5. The van der Waals surface area contributed by atoms with Gasteiger partial charge < -0.3 is 10.1 Å². The molecule has 1 aliphatic heterocycles. The van der Waals surface area contributed by atoms with E-state index in [1.165, 1.54) is 51.4 Å². The summed E-state index contributed by atoms with van der Waals surface area (Å²) in [5.74, 6) is 1.65. The van der Waals surface area contributed by atoms with Crippen molar-refractivity contribution in [3.05, 3.63) is 0 Å². The van der Waals surface area contributed by atoms with Gasteiger partial charge in [-0.05, 0) is 63.8 Å². The Balaban J connectivity index is 1.37. The Bertz CT molecular complexity index is 338. The number of rotatable bonds is 5. The molecule has 4 N–H and O–H groups in total. The molecule has 1 saturated heterocycles. The van der Waals surface area contributed by atoms with Gasteiger partial charge in [-0.3, -0.25) is 16.0 Å². The number of nitrogens with one attached hydrogen (secondary N) is 4. The first kappa shape index (κ1) is 17.6. The van der Waals surface area contributed by atoms with Gasteiger partial charge >= 0.3 is 0 Å². The Morgan fingerprint density at radius 3 is 2.22 bits per heavy atom. The minimum Gasteiger partial charge on any atom is -0.381 e. The third-order valence-electron chi connectivity index (χ3n) is 6.37. The van der Waals surface area contributed by atoms with Gasteiger partial charge in [-0.2, -0.15) is 0 Å². The molecular weight excluding hydrogens is 288 g/mol. The van der Waals surface area contributed by atoms with E-state index in [0.717, 1.165) is 24.9 Å². The Hall–Kier alpha value is -0.200. The zero-order valence-electron chi connectivity index (χ0n) is 14.9. The normalized spacial score (nSPS) is 42.5. The van der Waals surface area contributed by atoms with E-state index in [-0.39, 0.29) is 0 Å². The predicted molar refractivity (Wildman–Crippen MR) is 94.3 cm³/mol. The van der Waals surface area contributed by atoms with Crippen LogP contribution in [0, 0.1) is 11.8 Å². The van der Waals surface area contributed by atoms with E-state index in [0.29, 0.717) is 24.5 Å². The van der Waals surface area contributed by atoms with E-state index >= 15 is 0 Å². The maximum Gasteiger partial charge on any atom is 0.112 e. The molecule has 2 unspecified atom stereocenters. The molecule has 0 radical (unpaired) electrons. The minimum atomic E-state index is 0.294. The predicted octanol–water partition coefficient (Wildman–Crippen LogP) is 1.40. The van der Waals surface area contributed by atoms with E-state index in [1.54, 1.807) is 0 Å². The lowest BCUT2D eigenvalue weighted by atomic mass is 9.78. The lowest BCUT2D eigenvalue weighted by molar-refractivity contribution is 0.0414. The monoisotopic (exact) mass is 324 g/mol. The van der Waals surface area contributed by atoms with Gasteiger partial charge in [-0.15, -0.1) is 0 Å². The maximum absolute atomic E-state index is 5.50. The van der Waals surface area contributed by atoms with Crippen LogP contribution < -0.4 is 21.3 Å². The quantitative estimate of drug-likeness (QED) is 0.616. The van der Waals surface area contributed by atoms with Crippen LogP contribution in [0.1, 0.15) is 51.4 Å². The van der Waals surface area contributed by atoms with Crippen molar-refractivity contribution in [2.45, 2.75) is 75.8 Å². The van der Waals surface area contributed by atoms with Crippen molar-refractivity contribution < 1.29 is 4.74 Å². The molecule has 3 rings (SSSR count). The van der Waals surface area contributed by atoms with Crippen LogP contribution in [0.4, 0.5) is 0 Å². The van der Waals surface area contributed by atoms with Crippen molar-refractivity contribution in [1.29, 1.82) is 0 Å². The second kappa shape index (κ2) is 8.77. The fraction of sp³-hybridized carbons (Fsp3) is 1.00. The molecule has 3 aliphatic rings. The third-order valence-corrected chi connectivity index (χ3v) is 6.37. The highest BCUT2D eigenvalue weighted by Gasteiger charge is 2.31. The third kappa shape index (κ3) is 4.89. The van der Waals surface area contributed by atoms with Gasteiger partial charge in [0.25, 0.3) is 0 Å². The highest BCUT2D eigenvalue weighted by Crippen LogP contribution is 2.31. The molecule has 5 nitrogen and oxygen atoms in total. The molecule has 0 aromatic carbocycles. The minimum absolute atomic E-state index is 0.294. The molecule has 0 bridgehead atoms. The molecule has 3 fully saturated rings. The van der Waals surface area contributed by atoms with Crippen molar-refractivity contribution in [1.82, 2.24) is 21.3 Å². The number of ether oxygens (including phenoxy) is 1. The fourth-order valence-electron chi connectivity index (χ4n) is 4.77. The summed E-state index contributed by atoms with van der Waals surface area (Å²) in [6.45, 7) is 2.30. The smallest absolute Gasteiger partial charge is 0.112 e. The molecule has 0 amide bonds. The van der Waals surface area contributed by atoms with Crippen LogP contribution in [0.25, 0.3) is 0 Å². The van der Waals surface area contributed by atoms with Crippen molar-refractivity contribution >= 4 is 0 Å². The molecule has 1 heterocycles. The van der Waals surface area contributed by atoms with Gasteiger partial charge in [-0.25, -0.2) is 0 Å². The Kier molecular flexibility index (Phi) is 6.72. The largest absolute Gasteiger partial charge is 0.381 e. The summed E-state index contributed by atoms with van der Waals surface area (Å²) in [7, 11) is 3.95. The van der Waals surface area contributed by atoms with Gasteiger partial charge in [0.15, 0.2) is 0 Å². The summed E-state index contributed by atoms with van der Waals surface area (Å²) in [5.41, 5.74) is 0. The molecule has 0 aromatic rings. The SMILES string of the molecule is CNC1CCCC(NC2NCC(C3CCC(OC)CC3)CN2)C1. The van der Waals surface area contributed by atoms with Crippen LogP contribution in [0.5, 0.6) is 0 Å². The van der Waals surface area contributed by atoms with E-state index < -0.39 is 0 Å². The molecule has 0 aromatic heterocycles. The second-order valence-corrected chi connectivity index (χ2v) is 7.80. The Labute approximate surface area is 141 Å². The molecule has 134 valence electrons. The molecule has 0 spiro atoms. The highest BCUT2D eigenvalue weighted by atomic mass is 16.5. The summed E-state index contributed by atoms with van der Waals surface area (Å²) in [4.78, 5) is 0. The molecule has 23 heavy (non-hydrogen) atoms. The zero-order chi connectivity index (χ0) is 16.1. The van der Waals surface area contributed by atoms with E-state index in [1.807, 2.05) is 7.11 Å². The lowest BCUT2D eigenvalue weighted by Gasteiger charge is -2.40. The van der Waals surface area contributed by atoms with Crippen molar-refractivity contribution in [2.75, 3.05) is 27.2 Å². The summed E-state index contributed by atoms with van der Waals surface area (Å²) in [6.07, 6.45) is 11.2. The van der Waals surface area contributed by atoms with Crippen LogP contribution in [0.3, 0.4) is 0 Å². The van der Waals surface area contributed by atoms with Crippen LogP contribution in [-0.4, -0.2) is 51.7 Å². The summed E-state index contributed by atoms with van der Waals surface area (Å²) in [5, 5.41) is 14.6. The van der Waals surface area contributed by atoms with Gasteiger partial charge in [0.2, 0.25) is 0 Å². The number of methoxy groups -OCH3 is 1. The average molecular weight is 325 g/mol. The van der Waals surface area contributed by atoms with Crippen LogP contribution in [-0.2, 0) is 4.74 Å². The van der Waals surface area contributed by atoms with E-state index in [4.69, 9.17) is 4.74 Å². The molecule has 5 heteroatoms. The first-order valence-electron chi connectivity index (χ1n) is 9.71. The first-order chi connectivity index (χ1) is 11.3. The number of hydrogen-bond donors (Lipinski definition) is 4. The van der Waals surface area contributed by atoms with Crippen molar-refractivity contribution in [2.24, 2.45) is 11.8 Å². The lowest BCUT2D eigenvalue weighted by Crippen LogP contribution is -2.63. The summed E-state index contributed by atoms with van der Waals surface area (Å²) in [6, 6.07) is 1.33. The first-order valence-corrected chi connectivity index (χ1v) is 9.71. The topological polar surface area (TPSA) is 57.3 Å². The van der Waals surface area contributed by atoms with Crippen molar-refractivity contribution in [3.8, 4) is 0 Å². The van der Waals surface area contributed by atoms with Crippen molar-refractivity contribution in [3.63, 3.8) is 0 Å².